The first-order chi connectivity index (χ1) is 10.4. The van der Waals surface area contributed by atoms with Crippen LogP contribution in [0.15, 0.2) is 66.9 Å². The fraction of sp³-hybridized carbons (Fsp3) is 0.100. The molecular formula is C20H18Cl2CrN-. The fourth-order valence-electron chi connectivity index (χ4n) is 3.19. The smallest absolute Gasteiger partial charge is 0.0237 e. The van der Waals surface area contributed by atoms with E-state index in [0.717, 1.165) is 11.9 Å². The van der Waals surface area contributed by atoms with Crippen molar-refractivity contribution in [1.29, 1.82) is 0 Å². The Morgan fingerprint density at radius 1 is 0.875 bits per heavy atom. The molecule has 1 heterocycles. The molecule has 0 saturated carbocycles. The summed E-state index contributed by atoms with van der Waals surface area (Å²) < 4.78 is 0. The van der Waals surface area contributed by atoms with E-state index in [1.54, 1.807) is 0 Å². The Kier molecular flexibility index (Phi) is 7.39. The summed E-state index contributed by atoms with van der Waals surface area (Å²) in [5.41, 5.74) is 5.07. The average molecular weight is 395 g/mol. The molecule has 4 heteroatoms. The number of nitrogens with zero attached hydrogens (tertiary/aromatic N) is 1. The van der Waals surface area contributed by atoms with Crippen LogP contribution < -0.4 is 0 Å². The minimum absolute atomic E-state index is 0. The molecule has 1 aromatic heterocycles. The molecule has 0 saturated heterocycles. The number of rotatable bonds is 2. The van der Waals surface area contributed by atoms with Gasteiger partial charge in [-0.1, -0.05) is 65.2 Å². The van der Waals surface area contributed by atoms with Gasteiger partial charge in [-0.2, -0.15) is 0 Å². The quantitative estimate of drug-likeness (QED) is 0.370. The minimum atomic E-state index is 0. The molecule has 24 heavy (non-hydrogen) atoms. The van der Waals surface area contributed by atoms with Gasteiger partial charge in [0.2, 0.25) is 0 Å². The molecule has 0 N–H and O–H groups in total. The average Bonchev–Trinajstić information content (AvgIpc) is 2.92. The van der Waals surface area contributed by atoms with E-state index >= 15 is 0 Å². The van der Waals surface area contributed by atoms with Crippen LogP contribution in [0.3, 0.4) is 0 Å². The number of fused-ring (bicyclic) bond motifs is 2. The number of pyridine rings is 1. The summed E-state index contributed by atoms with van der Waals surface area (Å²) in [6, 6.07) is 21.5. The van der Waals surface area contributed by atoms with Crippen molar-refractivity contribution in [2.24, 2.45) is 0 Å². The Bertz CT molecular complexity index is 941. The van der Waals surface area contributed by atoms with Gasteiger partial charge >= 0.3 is 0 Å². The zero-order valence-corrected chi connectivity index (χ0v) is 16.1. The fourth-order valence-corrected chi connectivity index (χ4v) is 3.19. The first-order valence-electron chi connectivity index (χ1n) is 7.40. The molecule has 0 fully saturated rings. The van der Waals surface area contributed by atoms with Crippen molar-refractivity contribution in [2.75, 3.05) is 0 Å². The standard InChI is InChI=1S/C20H16N.2ClH.Cr/c1-2-14-13-16-7-3-4-10-17(16)19(14)18-11-5-8-15-9-6-12-21-20(15)18;;;/h3-13H,2H2,1H3;2*1H;/q-1;;;. The maximum atomic E-state index is 4.62. The monoisotopic (exact) mass is 394 g/mol. The first kappa shape index (κ1) is 20.6. The molecule has 1 nitrogen and oxygen atoms in total. The van der Waals surface area contributed by atoms with Gasteiger partial charge in [0.15, 0.2) is 0 Å². The predicted octanol–water partition coefficient (Wildman–Crippen LogP) is 6.18. The van der Waals surface area contributed by atoms with Gasteiger partial charge in [0.05, 0.1) is 0 Å². The number of benzene rings is 2. The largest absolute Gasteiger partial charge is 0.288 e. The van der Waals surface area contributed by atoms with Crippen molar-refractivity contribution in [2.45, 2.75) is 13.3 Å². The third-order valence-electron chi connectivity index (χ3n) is 4.16. The molecule has 0 aliphatic rings. The second-order valence-electron chi connectivity index (χ2n) is 5.37. The van der Waals surface area contributed by atoms with E-state index in [4.69, 9.17) is 0 Å². The van der Waals surface area contributed by atoms with Crippen LogP contribution >= 0.6 is 24.8 Å². The number of para-hydroxylation sites is 1. The van der Waals surface area contributed by atoms with Crippen molar-refractivity contribution in [3.63, 3.8) is 0 Å². The minimum Gasteiger partial charge on any atom is -0.288 e. The van der Waals surface area contributed by atoms with E-state index in [0.29, 0.717) is 0 Å². The third kappa shape index (κ3) is 3.34. The van der Waals surface area contributed by atoms with Gasteiger partial charge in [-0.3, -0.25) is 4.98 Å². The van der Waals surface area contributed by atoms with E-state index in [9.17, 15) is 0 Å². The third-order valence-corrected chi connectivity index (χ3v) is 4.16. The van der Waals surface area contributed by atoms with Crippen molar-refractivity contribution in [1.82, 2.24) is 4.98 Å². The molecule has 0 amide bonds. The topological polar surface area (TPSA) is 12.9 Å². The molecule has 0 atom stereocenters. The molecule has 0 aliphatic carbocycles. The maximum absolute atomic E-state index is 4.62. The van der Waals surface area contributed by atoms with E-state index in [-0.39, 0.29) is 42.2 Å². The van der Waals surface area contributed by atoms with E-state index < -0.39 is 0 Å². The molecule has 0 radical (unpaired) electrons. The Hall–Kier alpha value is -1.43. The summed E-state index contributed by atoms with van der Waals surface area (Å²) in [4.78, 5) is 4.62. The van der Waals surface area contributed by atoms with Crippen LogP contribution in [0.2, 0.25) is 0 Å². The van der Waals surface area contributed by atoms with Crippen LogP contribution in [-0.2, 0) is 23.8 Å². The van der Waals surface area contributed by atoms with E-state index in [1.807, 2.05) is 12.3 Å². The van der Waals surface area contributed by atoms with E-state index in [1.165, 1.54) is 32.8 Å². The summed E-state index contributed by atoms with van der Waals surface area (Å²) in [5.74, 6) is 0. The summed E-state index contributed by atoms with van der Waals surface area (Å²) in [7, 11) is 0. The van der Waals surface area contributed by atoms with Gasteiger partial charge in [0.1, 0.15) is 0 Å². The van der Waals surface area contributed by atoms with Gasteiger partial charge in [-0.05, 0) is 17.9 Å². The van der Waals surface area contributed by atoms with Crippen molar-refractivity contribution in [3.05, 3.63) is 72.4 Å². The van der Waals surface area contributed by atoms with Crippen LogP contribution in [0.25, 0.3) is 32.8 Å². The zero-order chi connectivity index (χ0) is 14.2. The number of hydrogen-bond donors (Lipinski definition) is 0. The Labute approximate surface area is 165 Å². The molecule has 0 spiro atoms. The van der Waals surface area contributed by atoms with Crippen LogP contribution in [-0.4, -0.2) is 4.98 Å². The summed E-state index contributed by atoms with van der Waals surface area (Å²) in [6.45, 7) is 2.22. The number of hydrogen-bond acceptors (Lipinski definition) is 1. The summed E-state index contributed by atoms with van der Waals surface area (Å²) in [5, 5.41) is 3.84. The molecule has 124 valence electrons. The SMILES string of the molecule is CCc1cc2ccccc2[c-]1-c1cccc2cccnc12.Cl.Cl.[Cr]. The first-order valence-corrected chi connectivity index (χ1v) is 7.40. The normalized spacial score (nSPS) is 9.88. The van der Waals surface area contributed by atoms with Gasteiger partial charge in [0, 0.05) is 29.1 Å². The van der Waals surface area contributed by atoms with Crippen molar-refractivity contribution in [3.8, 4) is 11.1 Å². The Balaban J connectivity index is 0.000000960. The van der Waals surface area contributed by atoms with Crippen molar-refractivity contribution >= 4 is 46.5 Å². The Morgan fingerprint density at radius 3 is 2.38 bits per heavy atom. The van der Waals surface area contributed by atoms with Gasteiger partial charge in [-0.15, -0.1) is 48.6 Å². The molecule has 4 rings (SSSR count). The second-order valence-corrected chi connectivity index (χ2v) is 5.37. The Morgan fingerprint density at radius 2 is 1.58 bits per heavy atom. The molecule has 0 aliphatic heterocycles. The number of halogens is 2. The van der Waals surface area contributed by atoms with Gasteiger partial charge in [0.25, 0.3) is 0 Å². The van der Waals surface area contributed by atoms with Crippen LogP contribution in [0.1, 0.15) is 12.5 Å². The molecule has 3 aromatic carbocycles. The van der Waals surface area contributed by atoms with Gasteiger partial charge < -0.3 is 0 Å². The van der Waals surface area contributed by atoms with Crippen LogP contribution in [0.5, 0.6) is 0 Å². The van der Waals surface area contributed by atoms with Crippen LogP contribution in [0.4, 0.5) is 0 Å². The van der Waals surface area contributed by atoms with Crippen LogP contribution in [0, 0.1) is 0 Å². The van der Waals surface area contributed by atoms with E-state index in [2.05, 4.69) is 66.5 Å². The maximum Gasteiger partial charge on any atom is 0.0237 e. The molecule has 4 aromatic rings. The molecule has 0 unspecified atom stereocenters. The predicted molar refractivity (Wildman–Crippen MR) is 104 cm³/mol. The zero-order valence-electron chi connectivity index (χ0n) is 13.2. The summed E-state index contributed by atoms with van der Waals surface area (Å²) in [6.07, 6.45) is 2.91. The summed E-state index contributed by atoms with van der Waals surface area (Å²) >= 11 is 0. The number of aromatic nitrogens is 1. The van der Waals surface area contributed by atoms with Gasteiger partial charge in [-0.25, -0.2) is 0 Å². The van der Waals surface area contributed by atoms with Crippen molar-refractivity contribution < 1.29 is 17.4 Å². The second kappa shape index (κ2) is 8.61. The molecular weight excluding hydrogens is 377 g/mol. The molecule has 0 bridgehead atoms. The number of aryl methyl sites for hydroxylation is 1.